The van der Waals surface area contributed by atoms with Gasteiger partial charge < -0.3 is 9.47 Å². The molecule has 0 atom stereocenters. The van der Waals surface area contributed by atoms with Crippen LogP contribution in [0.25, 0.3) is 0 Å². The van der Waals surface area contributed by atoms with Crippen molar-refractivity contribution in [3.8, 4) is 0 Å². The number of carbonyl (C=O) groups excluding carboxylic acids is 2. The minimum absolute atomic E-state index is 0.219. The number of methoxy groups -OCH3 is 2. The first kappa shape index (κ1) is 15.1. The Hall–Kier alpha value is -1.96. The molecular formula is C11H13NO6S. The number of hydrogen-bond donors (Lipinski definition) is 0. The average molecular weight is 287 g/mol. The lowest BCUT2D eigenvalue weighted by Gasteiger charge is -2.04. The fourth-order valence-electron chi connectivity index (χ4n) is 1.26. The smallest absolute Gasteiger partial charge is 0.339 e. The standard InChI is InChI=1S/C11H13NO6S/c1-17-10(13)7-19(15,16)6-9-4-3-8(5-12-9)11(14)18-2/h3-5H,6-7H2,1-2H3. The van der Waals surface area contributed by atoms with Crippen LogP contribution in [0.5, 0.6) is 0 Å². The van der Waals surface area contributed by atoms with Gasteiger partial charge in [0.15, 0.2) is 9.84 Å². The Balaban J connectivity index is 2.78. The van der Waals surface area contributed by atoms with Crippen molar-refractivity contribution in [3.63, 3.8) is 0 Å². The lowest BCUT2D eigenvalue weighted by Crippen LogP contribution is -2.19. The number of hydrogen-bond acceptors (Lipinski definition) is 7. The van der Waals surface area contributed by atoms with Crippen LogP contribution in [-0.2, 0) is 29.9 Å². The summed E-state index contributed by atoms with van der Waals surface area (Å²) >= 11 is 0. The summed E-state index contributed by atoms with van der Waals surface area (Å²) < 4.78 is 32.0. The summed E-state index contributed by atoms with van der Waals surface area (Å²) in [4.78, 5) is 25.9. The molecule has 0 aliphatic heterocycles. The molecule has 1 rings (SSSR count). The summed E-state index contributed by atoms with van der Waals surface area (Å²) in [5.41, 5.74) is 0.452. The third-order valence-corrected chi connectivity index (χ3v) is 3.59. The van der Waals surface area contributed by atoms with Gasteiger partial charge in [0.2, 0.25) is 0 Å². The first-order chi connectivity index (χ1) is 8.88. The number of rotatable bonds is 5. The zero-order chi connectivity index (χ0) is 14.5. The van der Waals surface area contributed by atoms with Crippen LogP contribution < -0.4 is 0 Å². The molecule has 0 radical (unpaired) electrons. The fourth-order valence-corrected chi connectivity index (χ4v) is 2.46. The summed E-state index contributed by atoms with van der Waals surface area (Å²) in [6, 6.07) is 2.79. The summed E-state index contributed by atoms with van der Waals surface area (Å²) in [7, 11) is -1.29. The molecule has 1 aromatic heterocycles. The molecule has 0 aliphatic rings. The number of ether oxygens (including phenoxy) is 2. The van der Waals surface area contributed by atoms with Crippen molar-refractivity contribution in [2.75, 3.05) is 20.0 Å². The molecule has 0 unspecified atom stereocenters. The molecule has 0 aromatic carbocycles. The van der Waals surface area contributed by atoms with E-state index in [9.17, 15) is 18.0 Å². The molecule has 0 bridgehead atoms. The van der Waals surface area contributed by atoms with Gasteiger partial charge in [0.1, 0.15) is 5.75 Å². The van der Waals surface area contributed by atoms with Gasteiger partial charge in [-0.05, 0) is 12.1 Å². The molecule has 104 valence electrons. The van der Waals surface area contributed by atoms with Gasteiger partial charge in [-0.1, -0.05) is 0 Å². The van der Waals surface area contributed by atoms with Crippen LogP contribution in [0, 0.1) is 0 Å². The molecule has 0 amide bonds. The lowest BCUT2D eigenvalue weighted by atomic mass is 10.2. The van der Waals surface area contributed by atoms with Crippen molar-refractivity contribution in [3.05, 3.63) is 29.6 Å². The Labute approximate surface area is 110 Å². The van der Waals surface area contributed by atoms with Gasteiger partial charge in [-0.15, -0.1) is 0 Å². The van der Waals surface area contributed by atoms with Gasteiger partial charge >= 0.3 is 11.9 Å². The van der Waals surface area contributed by atoms with Crippen LogP contribution in [-0.4, -0.2) is 45.3 Å². The molecule has 0 fully saturated rings. The predicted molar refractivity (Wildman–Crippen MR) is 65.1 cm³/mol. The van der Waals surface area contributed by atoms with Crippen LogP contribution in [0.1, 0.15) is 16.1 Å². The van der Waals surface area contributed by atoms with Crippen molar-refractivity contribution in [2.45, 2.75) is 5.75 Å². The van der Waals surface area contributed by atoms with Crippen molar-refractivity contribution in [1.29, 1.82) is 0 Å². The Kier molecular flexibility index (Phi) is 4.99. The van der Waals surface area contributed by atoms with Crippen molar-refractivity contribution in [1.82, 2.24) is 4.98 Å². The molecule has 19 heavy (non-hydrogen) atoms. The molecule has 0 aliphatic carbocycles. The number of nitrogens with zero attached hydrogens (tertiary/aromatic N) is 1. The van der Waals surface area contributed by atoms with Crippen LogP contribution >= 0.6 is 0 Å². The van der Waals surface area contributed by atoms with Crippen LogP contribution in [0.3, 0.4) is 0 Å². The van der Waals surface area contributed by atoms with Gasteiger partial charge in [-0.2, -0.15) is 0 Å². The number of pyridine rings is 1. The number of carbonyl (C=O) groups is 2. The minimum Gasteiger partial charge on any atom is -0.468 e. The first-order valence-corrected chi connectivity index (χ1v) is 7.00. The summed E-state index contributed by atoms with van der Waals surface area (Å²) in [6.07, 6.45) is 1.22. The molecule has 0 saturated carbocycles. The van der Waals surface area contributed by atoms with Crippen molar-refractivity contribution >= 4 is 21.8 Å². The fraction of sp³-hybridized carbons (Fsp3) is 0.364. The Morgan fingerprint density at radius 1 is 1.21 bits per heavy atom. The lowest BCUT2D eigenvalue weighted by molar-refractivity contribution is -0.137. The third kappa shape index (κ3) is 4.66. The highest BCUT2D eigenvalue weighted by Crippen LogP contribution is 2.07. The number of sulfone groups is 1. The second-order valence-corrected chi connectivity index (χ2v) is 5.70. The van der Waals surface area contributed by atoms with Crippen molar-refractivity contribution in [2.24, 2.45) is 0 Å². The average Bonchev–Trinajstić information content (AvgIpc) is 2.37. The second kappa shape index (κ2) is 6.28. The number of aromatic nitrogens is 1. The van der Waals surface area contributed by atoms with E-state index in [1.54, 1.807) is 0 Å². The molecule has 1 heterocycles. The summed E-state index contributed by atoms with van der Waals surface area (Å²) in [5, 5.41) is 0. The van der Waals surface area contributed by atoms with Crippen molar-refractivity contribution < 1.29 is 27.5 Å². The third-order valence-electron chi connectivity index (χ3n) is 2.18. The van der Waals surface area contributed by atoms with Gasteiger partial charge in [0.05, 0.1) is 31.2 Å². The maximum Gasteiger partial charge on any atom is 0.339 e. The van der Waals surface area contributed by atoms with E-state index in [0.29, 0.717) is 0 Å². The van der Waals surface area contributed by atoms with E-state index in [1.165, 1.54) is 25.4 Å². The normalized spacial score (nSPS) is 10.8. The van der Waals surface area contributed by atoms with E-state index < -0.39 is 33.3 Å². The van der Waals surface area contributed by atoms with Gasteiger partial charge in [-0.25, -0.2) is 13.2 Å². The first-order valence-electron chi connectivity index (χ1n) is 5.18. The quantitative estimate of drug-likeness (QED) is 0.700. The van der Waals surface area contributed by atoms with Crippen LogP contribution in [0.15, 0.2) is 18.3 Å². The van der Waals surface area contributed by atoms with E-state index in [0.717, 1.165) is 7.11 Å². The van der Waals surface area contributed by atoms with E-state index in [4.69, 9.17) is 0 Å². The largest absolute Gasteiger partial charge is 0.468 e. The van der Waals surface area contributed by atoms with E-state index in [2.05, 4.69) is 14.5 Å². The SMILES string of the molecule is COC(=O)CS(=O)(=O)Cc1ccc(C(=O)OC)cn1. The van der Waals surface area contributed by atoms with Gasteiger partial charge in [-0.3, -0.25) is 9.78 Å². The second-order valence-electron chi connectivity index (χ2n) is 3.64. The van der Waals surface area contributed by atoms with Gasteiger partial charge in [0, 0.05) is 6.20 Å². The Morgan fingerprint density at radius 3 is 2.37 bits per heavy atom. The van der Waals surface area contributed by atoms with Crippen LogP contribution in [0.4, 0.5) is 0 Å². The topological polar surface area (TPSA) is 99.6 Å². The van der Waals surface area contributed by atoms with E-state index >= 15 is 0 Å². The number of esters is 2. The van der Waals surface area contributed by atoms with Gasteiger partial charge in [0.25, 0.3) is 0 Å². The molecular weight excluding hydrogens is 274 g/mol. The molecule has 0 N–H and O–H groups in total. The predicted octanol–water partition coefficient (Wildman–Crippen LogP) is -0.0440. The molecule has 0 saturated heterocycles. The highest BCUT2D eigenvalue weighted by atomic mass is 32.2. The molecule has 7 nitrogen and oxygen atoms in total. The maximum atomic E-state index is 11.6. The van der Waals surface area contributed by atoms with E-state index in [1.807, 2.05) is 0 Å². The Morgan fingerprint density at radius 2 is 1.89 bits per heavy atom. The summed E-state index contributed by atoms with van der Waals surface area (Å²) in [6.45, 7) is 0. The highest BCUT2D eigenvalue weighted by molar-refractivity contribution is 7.91. The molecule has 1 aromatic rings. The minimum atomic E-state index is -3.64. The van der Waals surface area contributed by atoms with Crippen LogP contribution in [0.2, 0.25) is 0 Å². The summed E-state index contributed by atoms with van der Waals surface area (Å²) in [5.74, 6) is -2.49. The molecule has 8 heteroatoms. The zero-order valence-corrected chi connectivity index (χ0v) is 11.3. The monoisotopic (exact) mass is 287 g/mol. The molecule has 0 spiro atoms. The highest BCUT2D eigenvalue weighted by Gasteiger charge is 2.18. The zero-order valence-electron chi connectivity index (χ0n) is 10.5. The maximum absolute atomic E-state index is 11.6. The Bertz CT molecular complexity index is 563. The van der Waals surface area contributed by atoms with E-state index in [-0.39, 0.29) is 11.3 Å².